The van der Waals surface area contributed by atoms with Gasteiger partial charge in [0.15, 0.2) is 5.13 Å². The number of benzene rings is 1. The smallest absolute Gasteiger partial charge is 0.282 e. The maximum absolute atomic E-state index is 13.5. The number of aromatic nitrogens is 2. The van der Waals surface area contributed by atoms with Gasteiger partial charge in [0.05, 0.1) is 10.1 Å². The van der Waals surface area contributed by atoms with Gasteiger partial charge in [0.2, 0.25) is 0 Å². The quantitative estimate of drug-likeness (QED) is 0.616. The van der Waals surface area contributed by atoms with Crippen LogP contribution in [-0.2, 0) is 0 Å². The summed E-state index contributed by atoms with van der Waals surface area (Å²) in [5.74, 6) is -0.417. The van der Waals surface area contributed by atoms with Crippen molar-refractivity contribution in [2.45, 2.75) is 0 Å². The molecule has 0 spiro atoms. The van der Waals surface area contributed by atoms with Gasteiger partial charge in [-0.2, -0.15) is 4.98 Å². The number of nitrogens with zero attached hydrogens (tertiary/aromatic N) is 2. The van der Waals surface area contributed by atoms with E-state index in [2.05, 4.69) is 9.97 Å². The van der Waals surface area contributed by atoms with Gasteiger partial charge in [-0.3, -0.25) is 9.78 Å². The van der Waals surface area contributed by atoms with Gasteiger partial charge in [0.1, 0.15) is 11.3 Å². The number of halogens is 1. The molecular weight excluding hydrogens is 241 g/mol. The first-order valence-electron chi connectivity index (χ1n) is 4.80. The molecule has 0 aliphatic heterocycles. The molecule has 84 valence electrons. The van der Waals surface area contributed by atoms with Crippen molar-refractivity contribution in [2.75, 3.05) is 5.73 Å². The highest BCUT2D eigenvalue weighted by Gasteiger charge is 2.09. The molecule has 3 rings (SSSR count). The fourth-order valence-electron chi connectivity index (χ4n) is 1.71. The van der Waals surface area contributed by atoms with E-state index in [4.69, 9.17) is 5.73 Å². The predicted octanol–water partition coefficient (Wildman–Crippen LogP) is 1.93. The molecule has 0 radical (unpaired) electrons. The van der Waals surface area contributed by atoms with E-state index in [1.165, 1.54) is 12.3 Å². The van der Waals surface area contributed by atoms with Gasteiger partial charge in [-0.1, -0.05) is 23.5 Å². The maximum atomic E-state index is 13.5. The van der Waals surface area contributed by atoms with Crippen LogP contribution in [0.4, 0.5) is 9.52 Å². The zero-order valence-corrected chi connectivity index (χ0v) is 9.29. The third-order valence-electron chi connectivity index (χ3n) is 2.45. The molecule has 0 saturated heterocycles. The van der Waals surface area contributed by atoms with Gasteiger partial charge < -0.3 is 5.73 Å². The zero-order valence-electron chi connectivity index (χ0n) is 8.48. The van der Waals surface area contributed by atoms with Crippen molar-refractivity contribution in [1.29, 1.82) is 0 Å². The van der Waals surface area contributed by atoms with Crippen molar-refractivity contribution in [3.8, 4) is 0 Å². The highest BCUT2D eigenvalue weighted by molar-refractivity contribution is 7.22. The summed E-state index contributed by atoms with van der Waals surface area (Å²) >= 11 is 1.15. The van der Waals surface area contributed by atoms with Crippen LogP contribution in [0, 0.1) is 5.82 Å². The summed E-state index contributed by atoms with van der Waals surface area (Å²) in [6, 6.07) is 4.62. The number of nitrogens with two attached hydrogens (primary N) is 1. The maximum Gasteiger partial charge on any atom is 0.282 e. The fraction of sp³-hybridized carbons (Fsp3) is 0. The molecule has 0 unspecified atom stereocenters. The average molecular weight is 247 g/mol. The molecule has 6 heteroatoms. The Kier molecular flexibility index (Phi) is 2.05. The molecule has 2 heterocycles. The summed E-state index contributed by atoms with van der Waals surface area (Å²) in [4.78, 5) is 19.2. The number of hydrogen-bond acceptors (Lipinski definition) is 5. The second-order valence-electron chi connectivity index (χ2n) is 3.49. The topological polar surface area (TPSA) is 68.9 Å². The normalized spacial score (nSPS) is 11.1. The number of pyridine rings is 1. The fourth-order valence-corrected chi connectivity index (χ4v) is 2.57. The van der Waals surface area contributed by atoms with Gasteiger partial charge in [-0.15, -0.1) is 0 Å². The third kappa shape index (κ3) is 1.45. The summed E-state index contributed by atoms with van der Waals surface area (Å²) in [6.07, 6.45) is 1.34. The lowest BCUT2D eigenvalue weighted by Gasteiger charge is -2.02. The number of hydrogen-bond donors (Lipinski definition) is 1. The molecule has 1 aromatic carbocycles. The van der Waals surface area contributed by atoms with Crippen molar-refractivity contribution >= 4 is 37.5 Å². The Hall–Kier alpha value is -2.08. The Morgan fingerprint density at radius 2 is 2.12 bits per heavy atom. The Morgan fingerprint density at radius 1 is 1.29 bits per heavy atom. The van der Waals surface area contributed by atoms with E-state index in [1.807, 2.05) is 0 Å². The summed E-state index contributed by atoms with van der Waals surface area (Å²) in [5, 5.41) is 1.11. The van der Waals surface area contributed by atoms with Crippen LogP contribution in [0.5, 0.6) is 0 Å². The van der Waals surface area contributed by atoms with Crippen LogP contribution in [0.25, 0.3) is 21.0 Å². The number of rotatable bonds is 0. The van der Waals surface area contributed by atoms with Crippen LogP contribution >= 0.6 is 11.3 Å². The molecule has 0 fully saturated rings. The van der Waals surface area contributed by atoms with E-state index in [1.54, 1.807) is 12.1 Å². The van der Waals surface area contributed by atoms with Crippen LogP contribution in [-0.4, -0.2) is 9.97 Å². The van der Waals surface area contributed by atoms with Crippen LogP contribution < -0.4 is 11.3 Å². The van der Waals surface area contributed by atoms with Crippen molar-refractivity contribution in [2.24, 2.45) is 0 Å². The predicted molar refractivity (Wildman–Crippen MR) is 65.6 cm³/mol. The number of anilines is 1. The zero-order chi connectivity index (χ0) is 12.0. The number of para-hydroxylation sites is 1. The van der Waals surface area contributed by atoms with Crippen LogP contribution in [0.1, 0.15) is 0 Å². The number of nitrogen functional groups attached to an aromatic ring is 1. The van der Waals surface area contributed by atoms with Crippen LogP contribution in [0.2, 0.25) is 0 Å². The molecule has 0 saturated carbocycles. The first kappa shape index (κ1) is 10.1. The molecule has 2 aromatic heterocycles. The van der Waals surface area contributed by atoms with Gasteiger partial charge in [0, 0.05) is 11.6 Å². The lowest BCUT2D eigenvalue weighted by atomic mass is 10.2. The second-order valence-corrected chi connectivity index (χ2v) is 4.52. The average Bonchev–Trinajstić information content (AvgIpc) is 2.29. The third-order valence-corrected chi connectivity index (χ3v) is 3.39. The summed E-state index contributed by atoms with van der Waals surface area (Å²) in [6.45, 7) is 0. The van der Waals surface area contributed by atoms with Crippen molar-refractivity contribution in [1.82, 2.24) is 9.97 Å². The van der Waals surface area contributed by atoms with Crippen molar-refractivity contribution in [3.63, 3.8) is 0 Å². The van der Waals surface area contributed by atoms with E-state index >= 15 is 0 Å². The van der Waals surface area contributed by atoms with E-state index < -0.39 is 11.4 Å². The van der Waals surface area contributed by atoms with E-state index in [9.17, 15) is 9.18 Å². The van der Waals surface area contributed by atoms with E-state index in [-0.39, 0.29) is 10.6 Å². The molecule has 0 atom stereocenters. The van der Waals surface area contributed by atoms with Gasteiger partial charge >= 0.3 is 0 Å². The molecule has 0 aliphatic carbocycles. The first-order valence-corrected chi connectivity index (χ1v) is 5.62. The van der Waals surface area contributed by atoms with Gasteiger partial charge in [-0.25, -0.2) is 4.39 Å². The number of fused-ring (bicyclic) bond motifs is 3. The van der Waals surface area contributed by atoms with Crippen molar-refractivity contribution in [3.05, 3.63) is 40.6 Å². The lowest BCUT2D eigenvalue weighted by molar-refractivity contribution is 0.637. The molecule has 0 bridgehead atoms. The Bertz CT molecular complexity index is 800. The van der Waals surface area contributed by atoms with E-state index in [0.29, 0.717) is 15.5 Å². The molecule has 17 heavy (non-hydrogen) atoms. The molecular formula is C11H6FN3OS. The Labute approximate surface area is 98.6 Å². The van der Waals surface area contributed by atoms with Crippen molar-refractivity contribution < 1.29 is 4.39 Å². The highest BCUT2D eigenvalue weighted by atomic mass is 32.1. The highest BCUT2D eigenvalue weighted by Crippen LogP contribution is 2.27. The summed E-state index contributed by atoms with van der Waals surface area (Å²) < 4.78 is 14.1. The summed E-state index contributed by atoms with van der Waals surface area (Å²) in [7, 11) is 0. The van der Waals surface area contributed by atoms with Gasteiger partial charge in [-0.05, 0) is 6.07 Å². The second kappa shape index (κ2) is 3.46. The molecule has 2 N–H and O–H groups in total. The molecule has 0 aliphatic rings. The first-order chi connectivity index (χ1) is 8.16. The SMILES string of the molecule is Nc1nc(=O)c2cnc3c(F)cccc3c2s1. The largest absolute Gasteiger partial charge is 0.375 e. The Morgan fingerprint density at radius 3 is 2.94 bits per heavy atom. The lowest BCUT2D eigenvalue weighted by Crippen LogP contribution is -2.08. The minimum absolute atomic E-state index is 0.166. The molecule has 0 amide bonds. The monoisotopic (exact) mass is 247 g/mol. The van der Waals surface area contributed by atoms with Crippen LogP contribution in [0.15, 0.2) is 29.2 Å². The minimum atomic E-state index is -0.435. The van der Waals surface area contributed by atoms with E-state index in [0.717, 1.165) is 11.3 Å². The Balaban J connectivity index is 2.65. The van der Waals surface area contributed by atoms with Gasteiger partial charge in [0.25, 0.3) is 5.56 Å². The van der Waals surface area contributed by atoms with Crippen LogP contribution in [0.3, 0.4) is 0 Å². The minimum Gasteiger partial charge on any atom is -0.375 e. The standard InChI is InChI=1S/C11H6FN3OS/c12-7-3-1-2-5-8(7)14-4-6-9(5)17-11(13)15-10(6)16/h1-4H,(H2,13,15,16). The summed E-state index contributed by atoms with van der Waals surface area (Å²) in [5.41, 5.74) is 5.35. The molecule has 4 nitrogen and oxygen atoms in total. The molecule has 3 aromatic rings.